The zero-order chi connectivity index (χ0) is 15.6. The van der Waals surface area contributed by atoms with Crippen LogP contribution in [0.5, 0.6) is 0 Å². The van der Waals surface area contributed by atoms with E-state index in [1.807, 2.05) is 4.72 Å². The highest BCUT2D eigenvalue weighted by Gasteiger charge is 2.25. The fraction of sp³-hybridized carbons (Fsp3) is 0.167. The lowest BCUT2D eigenvalue weighted by Gasteiger charge is -2.12. The van der Waals surface area contributed by atoms with Crippen molar-refractivity contribution in [3.8, 4) is 0 Å². The van der Waals surface area contributed by atoms with Gasteiger partial charge in [-0.25, -0.2) is 26.3 Å². The lowest BCUT2D eigenvalue weighted by Crippen LogP contribution is -2.30. The number of benzene rings is 1. The molecule has 1 heterocycles. The molecular weight excluding hydrogens is 327 g/mol. The molecule has 2 aromatic rings. The molecule has 2 N–H and O–H groups in total. The summed E-state index contributed by atoms with van der Waals surface area (Å²) in [4.78, 5) is -1.28. The number of aliphatic hydroxyl groups excluding tert-OH is 1. The fourth-order valence-corrected chi connectivity index (χ4v) is 3.49. The largest absolute Gasteiger partial charge is 0.387 e. The average molecular weight is 337 g/mol. The highest BCUT2D eigenvalue weighted by Crippen LogP contribution is 2.21. The van der Waals surface area contributed by atoms with E-state index >= 15 is 0 Å². The van der Waals surface area contributed by atoms with Gasteiger partial charge in [-0.2, -0.15) is 11.3 Å². The lowest BCUT2D eigenvalue weighted by molar-refractivity contribution is 0.182. The topological polar surface area (TPSA) is 66.4 Å². The highest BCUT2D eigenvalue weighted by atomic mass is 32.2. The van der Waals surface area contributed by atoms with Crippen LogP contribution in [0.4, 0.5) is 13.2 Å². The average Bonchev–Trinajstić information content (AvgIpc) is 2.88. The van der Waals surface area contributed by atoms with Gasteiger partial charge in [-0.05, 0) is 22.4 Å². The van der Waals surface area contributed by atoms with Gasteiger partial charge in [0, 0.05) is 18.7 Å². The zero-order valence-electron chi connectivity index (χ0n) is 10.4. The van der Waals surface area contributed by atoms with Gasteiger partial charge in [0.05, 0.1) is 6.10 Å². The Kier molecular flexibility index (Phi) is 4.67. The van der Waals surface area contributed by atoms with Crippen LogP contribution < -0.4 is 4.72 Å². The molecule has 0 bridgehead atoms. The van der Waals surface area contributed by atoms with Crippen LogP contribution in [0.1, 0.15) is 11.7 Å². The first-order valence-corrected chi connectivity index (χ1v) is 8.08. The van der Waals surface area contributed by atoms with Gasteiger partial charge in [-0.15, -0.1) is 0 Å². The number of rotatable bonds is 5. The molecule has 0 aliphatic carbocycles. The molecule has 0 fully saturated rings. The number of aliphatic hydroxyl groups is 1. The Morgan fingerprint density at radius 3 is 2.38 bits per heavy atom. The molecule has 9 heteroatoms. The summed E-state index contributed by atoms with van der Waals surface area (Å²) in [6.07, 6.45) is -1.16. The number of sulfonamides is 1. The molecule has 0 saturated heterocycles. The molecule has 0 saturated carbocycles. The Bertz CT molecular complexity index is 709. The molecule has 1 unspecified atom stereocenters. The zero-order valence-corrected chi connectivity index (χ0v) is 12.0. The van der Waals surface area contributed by atoms with Gasteiger partial charge in [-0.1, -0.05) is 0 Å². The highest BCUT2D eigenvalue weighted by molar-refractivity contribution is 7.89. The first kappa shape index (κ1) is 16.0. The van der Waals surface area contributed by atoms with Crippen molar-refractivity contribution in [3.05, 3.63) is 52.0 Å². The molecule has 0 aliphatic rings. The first-order chi connectivity index (χ1) is 9.81. The van der Waals surface area contributed by atoms with Gasteiger partial charge < -0.3 is 5.11 Å². The second-order valence-electron chi connectivity index (χ2n) is 4.12. The van der Waals surface area contributed by atoms with Crippen LogP contribution in [0.3, 0.4) is 0 Å². The van der Waals surface area contributed by atoms with Gasteiger partial charge in [0.1, 0.15) is 17.5 Å². The van der Waals surface area contributed by atoms with Crippen LogP contribution in [0.25, 0.3) is 0 Å². The molecule has 0 aliphatic heterocycles. The van der Waals surface area contributed by atoms with Crippen LogP contribution in [0.2, 0.25) is 0 Å². The standard InChI is InChI=1S/C12H10F3NO3S2/c13-8-3-9(14)12(10(15)4-8)21(18,19)16-5-11(17)7-1-2-20-6-7/h1-4,6,11,16-17H,5H2. The van der Waals surface area contributed by atoms with E-state index in [2.05, 4.69) is 0 Å². The van der Waals surface area contributed by atoms with Crippen molar-refractivity contribution in [1.29, 1.82) is 0 Å². The van der Waals surface area contributed by atoms with Crippen molar-refractivity contribution in [3.63, 3.8) is 0 Å². The normalized spacial score (nSPS) is 13.3. The van der Waals surface area contributed by atoms with Crippen molar-refractivity contribution in [1.82, 2.24) is 4.72 Å². The summed E-state index contributed by atoms with van der Waals surface area (Å²) < 4.78 is 65.2. The van der Waals surface area contributed by atoms with Crippen molar-refractivity contribution in [2.45, 2.75) is 11.0 Å². The molecule has 0 amide bonds. The van der Waals surface area contributed by atoms with Crippen LogP contribution in [-0.2, 0) is 10.0 Å². The van der Waals surface area contributed by atoms with Gasteiger partial charge in [0.2, 0.25) is 10.0 Å². The van der Waals surface area contributed by atoms with E-state index in [1.54, 1.807) is 16.8 Å². The summed E-state index contributed by atoms with van der Waals surface area (Å²) >= 11 is 1.31. The number of thiophene rings is 1. The molecule has 1 aromatic carbocycles. The second-order valence-corrected chi connectivity index (χ2v) is 6.61. The van der Waals surface area contributed by atoms with Crippen molar-refractivity contribution >= 4 is 21.4 Å². The summed E-state index contributed by atoms with van der Waals surface area (Å²) in [5.41, 5.74) is 0.475. The number of halogens is 3. The third-order valence-corrected chi connectivity index (χ3v) is 4.80. The maximum absolute atomic E-state index is 13.4. The van der Waals surface area contributed by atoms with E-state index in [-0.39, 0.29) is 12.1 Å². The molecule has 1 aromatic heterocycles. The summed E-state index contributed by atoms with van der Waals surface area (Å²) in [5, 5.41) is 13.0. The molecule has 2 rings (SSSR count). The minimum absolute atomic E-state index is 0.271. The molecule has 1 atom stereocenters. The molecular formula is C12H10F3NO3S2. The minimum Gasteiger partial charge on any atom is -0.387 e. The lowest BCUT2D eigenvalue weighted by atomic mass is 10.2. The SMILES string of the molecule is O=S(=O)(NCC(O)c1ccsc1)c1c(F)cc(F)cc1F. The van der Waals surface area contributed by atoms with E-state index in [0.717, 1.165) is 0 Å². The first-order valence-electron chi connectivity index (χ1n) is 5.65. The maximum atomic E-state index is 13.4. The van der Waals surface area contributed by atoms with E-state index in [1.165, 1.54) is 11.3 Å². The predicted octanol–water partition coefficient (Wildman–Crippen LogP) is 2.18. The molecule has 114 valence electrons. The maximum Gasteiger partial charge on any atom is 0.246 e. The van der Waals surface area contributed by atoms with Crippen LogP contribution in [-0.4, -0.2) is 20.1 Å². The third-order valence-electron chi connectivity index (χ3n) is 2.63. The smallest absolute Gasteiger partial charge is 0.246 e. The number of nitrogens with one attached hydrogen (secondary N) is 1. The van der Waals surface area contributed by atoms with Crippen molar-refractivity contribution in [2.24, 2.45) is 0 Å². The second kappa shape index (κ2) is 6.14. The summed E-state index contributed by atoms with van der Waals surface area (Å²) in [6, 6.07) is 2.13. The van der Waals surface area contributed by atoms with E-state index in [4.69, 9.17) is 0 Å². The van der Waals surface area contributed by atoms with E-state index in [0.29, 0.717) is 5.56 Å². The third kappa shape index (κ3) is 3.62. The Labute approximate surface area is 122 Å². The monoisotopic (exact) mass is 337 g/mol. The van der Waals surface area contributed by atoms with Crippen molar-refractivity contribution < 1.29 is 26.7 Å². The summed E-state index contributed by atoms with van der Waals surface area (Å²) in [6.45, 7) is -0.463. The Morgan fingerprint density at radius 2 is 1.86 bits per heavy atom. The summed E-state index contributed by atoms with van der Waals surface area (Å²) in [5.74, 6) is -4.29. The Morgan fingerprint density at radius 1 is 1.24 bits per heavy atom. The van der Waals surface area contributed by atoms with Gasteiger partial charge in [0.15, 0.2) is 4.90 Å². The van der Waals surface area contributed by atoms with Crippen LogP contribution in [0.15, 0.2) is 33.9 Å². The Hall–Kier alpha value is -1.42. The predicted molar refractivity (Wildman–Crippen MR) is 70.8 cm³/mol. The molecule has 0 radical (unpaired) electrons. The number of hydrogen-bond donors (Lipinski definition) is 2. The Balaban J connectivity index is 2.20. The fourth-order valence-electron chi connectivity index (χ4n) is 1.63. The molecule has 0 spiro atoms. The molecule has 21 heavy (non-hydrogen) atoms. The molecule has 4 nitrogen and oxygen atoms in total. The van der Waals surface area contributed by atoms with Crippen molar-refractivity contribution in [2.75, 3.05) is 6.54 Å². The summed E-state index contributed by atoms with van der Waals surface area (Å²) in [7, 11) is -4.55. The number of hydrogen-bond acceptors (Lipinski definition) is 4. The van der Waals surface area contributed by atoms with Crippen LogP contribution >= 0.6 is 11.3 Å². The minimum atomic E-state index is -4.55. The van der Waals surface area contributed by atoms with Crippen LogP contribution in [0, 0.1) is 17.5 Å². The van der Waals surface area contributed by atoms with E-state index < -0.39 is 45.0 Å². The van der Waals surface area contributed by atoms with Gasteiger partial charge in [-0.3, -0.25) is 0 Å². The quantitative estimate of drug-likeness (QED) is 0.879. The van der Waals surface area contributed by atoms with Gasteiger partial charge in [0.25, 0.3) is 0 Å². The van der Waals surface area contributed by atoms with Gasteiger partial charge >= 0.3 is 0 Å². The van der Waals surface area contributed by atoms with E-state index in [9.17, 15) is 26.7 Å².